The van der Waals surface area contributed by atoms with Crippen LogP contribution in [-0.4, -0.2) is 42.0 Å². The smallest absolute Gasteiger partial charge is 0.321 e. The third kappa shape index (κ3) is 4.53. The SMILES string of the molecule is CSCc1cc(NC(=O)N2CCC[C@@H](CO)C2)ccc1Cl. The van der Waals surface area contributed by atoms with Gasteiger partial charge in [0.25, 0.3) is 0 Å². The minimum atomic E-state index is -0.106. The molecular formula is C15H21ClN2O2S. The number of nitrogens with one attached hydrogen (secondary N) is 1. The maximum absolute atomic E-state index is 12.3. The zero-order chi connectivity index (χ0) is 15.2. The maximum atomic E-state index is 12.3. The summed E-state index contributed by atoms with van der Waals surface area (Å²) in [6.45, 7) is 1.50. The highest BCUT2D eigenvalue weighted by atomic mass is 35.5. The van der Waals surface area contributed by atoms with Gasteiger partial charge in [-0.3, -0.25) is 0 Å². The van der Waals surface area contributed by atoms with Gasteiger partial charge in [0.05, 0.1) is 0 Å². The van der Waals surface area contributed by atoms with Gasteiger partial charge in [0.15, 0.2) is 0 Å². The average molecular weight is 329 g/mol. The Morgan fingerprint density at radius 3 is 3.10 bits per heavy atom. The number of hydrogen-bond acceptors (Lipinski definition) is 3. The van der Waals surface area contributed by atoms with E-state index in [0.717, 1.165) is 41.4 Å². The van der Waals surface area contributed by atoms with Gasteiger partial charge in [-0.05, 0) is 48.8 Å². The quantitative estimate of drug-likeness (QED) is 0.890. The lowest BCUT2D eigenvalue weighted by Gasteiger charge is -2.31. The average Bonchev–Trinajstić information content (AvgIpc) is 2.51. The van der Waals surface area contributed by atoms with Crippen LogP contribution in [-0.2, 0) is 5.75 Å². The molecule has 0 aliphatic carbocycles. The molecule has 1 fully saturated rings. The van der Waals surface area contributed by atoms with Gasteiger partial charge in [0.2, 0.25) is 0 Å². The number of anilines is 1. The topological polar surface area (TPSA) is 52.6 Å². The van der Waals surface area contributed by atoms with Gasteiger partial charge in [-0.1, -0.05) is 11.6 Å². The van der Waals surface area contributed by atoms with Crippen LogP contribution in [0.1, 0.15) is 18.4 Å². The fourth-order valence-electron chi connectivity index (χ4n) is 2.52. The van der Waals surface area contributed by atoms with Crippen molar-refractivity contribution in [2.75, 3.05) is 31.3 Å². The first-order valence-electron chi connectivity index (χ1n) is 7.08. The number of halogens is 1. The number of carbonyl (C=O) groups excluding carboxylic acids is 1. The Balaban J connectivity index is 2.00. The number of carbonyl (C=O) groups is 1. The van der Waals surface area contributed by atoms with Gasteiger partial charge in [0, 0.05) is 36.2 Å². The van der Waals surface area contributed by atoms with Crippen LogP contribution in [0.5, 0.6) is 0 Å². The summed E-state index contributed by atoms with van der Waals surface area (Å²) in [4.78, 5) is 14.0. The van der Waals surface area contributed by atoms with Crippen LogP contribution in [0.25, 0.3) is 0 Å². The monoisotopic (exact) mass is 328 g/mol. The highest BCUT2D eigenvalue weighted by Crippen LogP contribution is 2.24. The fraction of sp³-hybridized carbons (Fsp3) is 0.533. The lowest BCUT2D eigenvalue weighted by atomic mass is 9.99. The lowest BCUT2D eigenvalue weighted by Crippen LogP contribution is -2.43. The Morgan fingerprint density at radius 2 is 2.38 bits per heavy atom. The normalized spacial score (nSPS) is 18.6. The Morgan fingerprint density at radius 1 is 1.57 bits per heavy atom. The molecule has 1 aliphatic rings. The van der Waals surface area contributed by atoms with Crippen LogP contribution in [0.15, 0.2) is 18.2 Å². The van der Waals surface area contributed by atoms with E-state index in [4.69, 9.17) is 11.6 Å². The van der Waals surface area contributed by atoms with Crippen molar-refractivity contribution < 1.29 is 9.90 Å². The number of piperidine rings is 1. The fourth-order valence-corrected chi connectivity index (χ4v) is 3.33. The molecule has 0 unspecified atom stereocenters. The Kier molecular flexibility index (Phi) is 6.21. The second-order valence-corrected chi connectivity index (χ2v) is 6.58. The van der Waals surface area contributed by atoms with E-state index in [1.54, 1.807) is 16.7 Å². The molecular weight excluding hydrogens is 308 g/mol. The molecule has 1 aliphatic heterocycles. The zero-order valence-electron chi connectivity index (χ0n) is 12.1. The number of aliphatic hydroxyl groups excluding tert-OH is 1. The van der Waals surface area contributed by atoms with E-state index < -0.39 is 0 Å². The molecule has 116 valence electrons. The first kappa shape index (κ1) is 16.5. The van der Waals surface area contributed by atoms with Crippen LogP contribution in [0.2, 0.25) is 5.02 Å². The first-order valence-corrected chi connectivity index (χ1v) is 8.85. The van der Waals surface area contributed by atoms with Gasteiger partial charge < -0.3 is 15.3 Å². The maximum Gasteiger partial charge on any atom is 0.321 e. The molecule has 6 heteroatoms. The number of hydrogen-bond donors (Lipinski definition) is 2. The predicted octanol–water partition coefficient (Wildman–Crippen LogP) is 3.44. The van der Waals surface area contributed by atoms with E-state index in [2.05, 4.69) is 5.32 Å². The number of nitrogens with zero attached hydrogens (tertiary/aromatic N) is 1. The number of benzene rings is 1. The summed E-state index contributed by atoms with van der Waals surface area (Å²) in [5, 5.41) is 12.9. The Bertz CT molecular complexity index is 499. The molecule has 0 spiro atoms. The standard InChI is InChI=1S/C15H21ClN2O2S/c1-21-10-12-7-13(4-5-14(12)16)17-15(20)18-6-2-3-11(8-18)9-19/h4-5,7,11,19H,2-3,6,8-10H2,1H3,(H,17,20)/t11-/m1/s1. The first-order chi connectivity index (χ1) is 10.1. The Hall–Kier alpha value is -0.910. The molecule has 1 saturated heterocycles. The third-order valence-electron chi connectivity index (χ3n) is 3.66. The molecule has 1 aromatic rings. The van der Waals surface area contributed by atoms with E-state index in [0.29, 0.717) is 6.54 Å². The Labute approximate surface area is 134 Å². The predicted molar refractivity (Wildman–Crippen MR) is 89.1 cm³/mol. The number of amides is 2. The molecule has 0 aromatic heterocycles. The van der Waals surface area contributed by atoms with E-state index >= 15 is 0 Å². The summed E-state index contributed by atoms with van der Waals surface area (Å²) in [7, 11) is 0. The van der Waals surface area contributed by atoms with E-state index in [-0.39, 0.29) is 18.6 Å². The van der Waals surface area contributed by atoms with Gasteiger partial charge in [-0.25, -0.2) is 4.79 Å². The van der Waals surface area contributed by atoms with Crippen LogP contribution < -0.4 is 5.32 Å². The summed E-state index contributed by atoms with van der Waals surface area (Å²) in [5.74, 6) is 1.01. The van der Waals surface area contributed by atoms with Gasteiger partial charge in [-0.2, -0.15) is 11.8 Å². The van der Waals surface area contributed by atoms with Gasteiger partial charge >= 0.3 is 6.03 Å². The minimum Gasteiger partial charge on any atom is -0.396 e. The number of aliphatic hydroxyl groups is 1. The van der Waals surface area contributed by atoms with Crippen molar-refractivity contribution >= 4 is 35.1 Å². The van der Waals surface area contributed by atoms with E-state index in [1.165, 1.54) is 0 Å². The van der Waals surface area contributed by atoms with Crippen molar-refractivity contribution in [2.24, 2.45) is 5.92 Å². The van der Waals surface area contributed by atoms with Gasteiger partial charge in [-0.15, -0.1) is 0 Å². The molecule has 0 bridgehead atoms. The van der Waals surface area contributed by atoms with Crippen LogP contribution in [0.3, 0.4) is 0 Å². The van der Waals surface area contributed by atoms with Gasteiger partial charge in [0.1, 0.15) is 0 Å². The van der Waals surface area contributed by atoms with Crippen LogP contribution >= 0.6 is 23.4 Å². The van der Waals surface area contributed by atoms with Crippen molar-refractivity contribution in [1.82, 2.24) is 4.90 Å². The van der Waals surface area contributed by atoms with Crippen molar-refractivity contribution in [2.45, 2.75) is 18.6 Å². The third-order valence-corrected chi connectivity index (χ3v) is 4.63. The molecule has 4 nitrogen and oxygen atoms in total. The highest BCUT2D eigenvalue weighted by Gasteiger charge is 2.23. The molecule has 2 rings (SSSR count). The molecule has 0 saturated carbocycles. The summed E-state index contributed by atoms with van der Waals surface area (Å²) in [5.41, 5.74) is 1.79. The summed E-state index contributed by atoms with van der Waals surface area (Å²) >= 11 is 7.83. The summed E-state index contributed by atoms with van der Waals surface area (Å²) in [6.07, 6.45) is 3.94. The lowest BCUT2D eigenvalue weighted by molar-refractivity contribution is 0.136. The number of thioether (sulfide) groups is 1. The van der Waals surface area contributed by atoms with Crippen molar-refractivity contribution in [3.05, 3.63) is 28.8 Å². The van der Waals surface area contributed by atoms with Crippen molar-refractivity contribution in [3.63, 3.8) is 0 Å². The van der Waals surface area contributed by atoms with Crippen molar-refractivity contribution in [3.8, 4) is 0 Å². The second kappa shape index (κ2) is 7.92. The molecule has 1 atom stereocenters. The second-order valence-electron chi connectivity index (χ2n) is 5.31. The molecule has 0 radical (unpaired) electrons. The molecule has 2 N–H and O–H groups in total. The highest BCUT2D eigenvalue weighted by molar-refractivity contribution is 7.97. The minimum absolute atomic E-state index is 0.106. The van der Waals surface area contributed by atoms with E-state index in [9.17, 15) is 9.90 Å². The number of urea groups is 1. The molecule has 1 heterocycles. The molecule has 1 aromatic carbocycles. The molecule has 21 heavy (non-hydrogen) atoms. The summed E-state index contributed by atoms with van der Waals surface area (Å²) in [6, 6.07) is 5.45. The largest absolute Gasteiger partial charge is 0.396 e. The van der Waals surface area contributed by atoms with Crippen LogP contribution in [0.4, 0.5) is 10.5 Å². The summed E-state index contributed by atoms with van der Waals surface area (Å²) < 4.78 is 0. The number of likely N-dealkylation sites (tertiary alicyclic amines) is 1. The van der Waals surface area contributed by atoms with Crippen molar-refractivity contribution in [1.29, 1.82) is 0 Å². The molecule has 2 amide bonds. The number of rotatable bonds is 4. The van der Waals surface area contributed by atoms with Crippen LogP contribution in [0, 0.1) is 5.92 Å². The zero-order valence-corrected chi connectivity index (χ0v) is 13.7. The van der Waals surface area contributed by atoms with E-state index in [1.807, 2.05) is 24.5 Å².